The van der Waals surface area contributed by atoms with E-state index < -0.39 is 0 Å². The fraction of sp³-hybridized carbons (Fsp3) is 0.273. The van der Waals surface area contributed by atoms with Crippen molar-refractivity contribution < 1.29 is 14.3 Å². The molecule has 0 aromatic heterocycles. The lowest BCUT2D eigenvalue weighted by Gasteiger charge is -2.32. The van der Waals surface area contributed by atoms with Crippen LogP contribution in [0.3, 0.4) is 0 Å². The average Bonchev–Trinajstić information content (AvgIpc) is 2.56. The molecule has 134 valence electrons. The summed E-state index contributed by atoms with van der Waals surface area (Å²) in [5.41, 5.74) is 2.36. The minimum Gasteiger partial charge on any atom is -0.421 e. The molecular formula is C22H22O3S. The molecule has 0 bridgehead atoms. The number of ketones is 1. The quantitative estimate of drug-likeness (QED) is 0.674. The molecule has 0 spiro atoms. The number of ether oxygens (including phenoxy) is 2. The number of hydrogen-bond acceptors (Lipinski definition) is 4. The Morgan fingerprint density at radius 2 is 1.62 bits per heavy atom. The van der Waals surface area contributed by atoms with Crippen LogP contribution in [0.15, 0.2) is 60.4 Å². The summed E-state index contributed by atoms with van der Waals surface area (Å²) < 4.78 is 11.5. The second-order valence-corrected chi connectivity index (χ2v) is 7.65. The fourth-order valence-corrected chi connectivity index (χ4v) is 3.41. The summed E-state index contributed by atoms with van der Waals surface area (Å²) >= 11 is 5.28. The van der Waals surface area contributed by atoms with E-state index in [1.807, 2.05) is 61.5 Å². The molecule has 0 fully saturated rings. The van der Waals surface area contributed by atoms with E-state index in [2.05, 4.69) is 13.8 Å². The first-order valence-corrected chi connectivity index (χ1v) is 9.04. The number of rotatable bonds is 3. The Balaban J connectivity index is 1.95. The van der Waals surface area contributed by atoms with Crippen molar-refractivity contribution in [2.75, 3.05) is 0 Å². The Morgan fingerprint density at radius 1 is 0.962 bits per heavy atom. The largest absolute Gasteiger partial charge is 0.421 e. The molecule has 2 aromatic rings. The van der Waals surface area contributed by atoms with Crippen LogP contribution in [0.1, 0.15) is 37.8 Å². The van der Waals surface area contributed by atoms with Gasteiger partial charge in [0, 0.05) is 25.1 Å². The van der Waals surface area contributed by atoms with Gasteiger partial charge in [-0.1, -0.05) is 56.3 Å². The molecule has 26 heavy (non-hydrogen) atoms. The molecule has 0 saturated carbocycles. The number of carbonyl (C=O) groups excluding carboxylic acids is 1. The zero-order valence-electron chi connectivity index (χ0n) is 15.2. The summed E-state index contributed by atoms with van der Waals surface area (Å²) in [6.07, 6.45) is 1.11. The number of thiocarbonyl (C=S) groups is 1. The van der Waals surface area contributed by atoms with Crippen LogP contribution in [0.25, 0.3) is 5.57 Å². The van der Waals surface area contributed by atoms with Gasteiger partial charge in [0.25, 0.3) is 0 Å². The highest BCUT2D eigenvalue weighted by Crippen LogP contribution is 2.41. The van der Waals surface area contributed by atoms with Crippen LogP contribution in [0.2, 0.25) is 0 Å². The molecular weight excluding hydrogens is 344 g/mol. The molecule has 0 saturated heterocycles. The number of benzene rings is 2. The van der Waals surface area contributed by atoms with Gasteiger partial charge < -0.3 is 9.47 Å². The van der Waals surface area contributed by atoms with Crippen molar-refractivity contribution in [1.82, 2.24) is 0 Å². The zero-order valence-corrected chi connectivity index (χ0v) is 16.1. The fourth-order valence-electron chi connectivity index (χ4n) is 3.21. The normalized spacial score (nSPS) is 16.3. The standard InChI is InChI=1S/C22H22O3S/c1-15-9-7-8-12-17(15)20-18(23)13-22(2,3)14-19(20)25-21(26)24-16-10-5-4-6-11-16/h4-12H,13-14H2,1-3H3. The van der Waals surface area contributed by atoms with E-state index in [1.165, 1.54) is 0 Å². The Morgan fingerprint density at radius 3 is 2.31 bits per heavy atom. The van der Waals surface area contributed by atoms with Gasteiger partial charge in [-0.2, -0.15) is 0 Å². The van der Waals surface area contributed by atoms with Crippen molar-refractivity contribution in [1.29, 1.82) is 0 Å². The topological polar surface area (TPSA) is 35.5 Å². The summed E-state index contributed by atoms with van der Waals surface area (Å²) in [4.78, 5) is 12.9. The van der Waals surface area contributed by atoms with Gasteiger partial charge in [0.05, 0.1) is 5.57 Å². The number of hydrogen-bond donors (Lipinski definition) is 0. The van der Waals surface area contributed by atoms with Gasteiger partial charge in [-0.3, -0.25) is 4.79 Å². The molecule has 3 rings (SSSR count). The first kappa shape index (κ1) is 18.3. The molecule has 0 heterocycles. The predicted molar refractivity (Wildman–Crippen MR) is 107 cm³/mol. The molecule has 4 heteroatoms. The maximum atomic E-state index is 12.9. The van der Waals surface area contributed by atoms with E-state index in [0.29, 0.717) is 29.9 Å². The van der Waals surface area contributed by atoms with Crippen molar-refractivity contribution in [3.8, 4) is 5.75 Å². The van der Waals surface area contributed by atoms with Crippen LogP contribution in [0.5, 0.6) is 5.75 Å². The van der Waals surface area contributed by atoms with Crippen molar-refractivity contribution in [3.63, 3.8) is 0 Å². The predicted octanol–water partition coefficient (Wildman–Crippen LogP) is 5.48. The smallest absolute Gasteiger partial charge is 0.363 e. The van der Waals surface area contributed by atoms with Crippen LogP contribution in [-0.2, 0) is 9.53 Å². The lowest BCUT2D eigenvalue weighted by atomic mass is 9.74. The van der Waals surface area contributed by atoms with Crippen LogP contribution >= 0.6 is 12.2 Å². The average molecular weight is 366 g/mol. The van der Waals surface area contributed by atoms with E-state index in [1.54, 1.807) is 0 Å². The highest BCUT2D eigenvalue weighted by Gasteiger charge is 2.35. The number of carbonyl (C=O) groups is 1. The van der Waals surface area contributed by atoms with Crippen LogP contribution < -0.4 is 4.74 Å². The van der Waals surface area contributed by atoms with E-state index in [4.69, 9.17) is 21.7 Å². The summed E-state index contributed by atoms with van der Waals surface area (Å²) in [5, 5.41) is 0.00258. The van der Waals surface area contributed by atoms with Gasteiger partial charge in [0.2, 0.25) is 0 Å². The van der Waals surface area contributed by atoms with Crippen LogP contribution in [-0.4, -0.2) is 11.0 Å². The highest BCUT2D eigenvalue weighted by molar-refractivity contribution is 7.79. The maximum absolute atomic E-state index is 12.9. The Hall–Kier alpha value is -2.46. The Kier molecular flexibility index (Phi) is 5.23. The molecule has 0 amide bonds. The van der Waals surface area contributed by atoms with Crippen molar-refractivity contribution >= 4 is 28.8 Å². The third kappa shape index (κ3) is 4.20. The third-order valence-electron chi connectivity index (χ3n) is 4.40. The first-order chi connectivity index (χ1) is 12.4. The minimum absolute atomic E-state index is 0.00258. The molecule has 3 nitrogen and oxygen atoms in total. The van der Waals surface area contributed by atoms with Crippen molar-refractivity contribution in [2.24, 2.45) is 5.41 Å². The van der Waals surface area contributed by atoms with E-state index >= 15 is 0 Å². The molecule has 1 aliphatic rings. The number of aryl methyl sites for hydroxylation is 1. The first-order valence-electron chi connectivity index (χ1n) is 8.63. The molecule has 0 atom stereocenters. The molecule has 0 unspecified atom stereocenters. The second kappa shape index (κ2) is 7.42. The highest BCUT2D eigenvalue weighted by atomic mass is 32.1. The summed E-state index contributed by atoms with van der Waals surface area (Å²) in [6, 6.07) is 17.1. The summed E-state index contributed by atoms with van der Waals surface area (Å²) in [6.45, 7) is 6.11. The van der Waals surface area contributed by atoms with Gasteiger partial charge in [-0.15, -0.1) is 0 Å². The molecule has 1 aliphatic carbocycles. The number of allylic oxidation sites excluding steroid dienone is 2. The lowest BCUT2D eigenvalue weighted by molar-refractivity contribution is -0.116. The van der Waals surface area contributed by atoms with Gasteiger partial charge in [-0.05, 0) is 35.6 Å². The van der Waals surface area contributed by atoms with Gasteiger partial charge in [-0.25, -0.2) is 0 Å². The molecule has 0 aliphatic heterocycles. The van der Waals surface area contributed by atoms with Crippen LogP contribution in [0, 0.1) is 12.3 Å². The Bertz CT molecular complexity index is 866. The van der Waals surface area contributed by atoms with E-state index in [-0.39, 0.29) is 16.4 Å². The number of Topliss-reactive ketones (excluding diaryl/α,β-unsaturated/α-hetero) is 1. The second-order valence-electron chi connectivity index (χ2n) is 7.32. The Labute approximate surface area is 159 Å². The summed E-state index contributed by atoms with van der Waals surface area (Å²) in [7, 11) is 0. The van der Waals surface area contributed by atoms with Gasteiger partial charge >= 0.3 is 5.24 Å². The molecule has 0 radical (unpaired) electrons. The third-order valence-corrected chi connectivity index (χ3v) is 4.57. The monoisotopic (exact) mass is 366 g/mol. The molecule has 2 aromatic carbocycles. The van der Waals surface area contributed by atoms with E-state index in [0.717, 1.165) is 11.1 Å². The zero-order chi connectivity index (χ0) is 18.7. The van der Waals surface area contributed by atoms with Gasteiger partial charge in [0.15, 0.2) is 5.78 Å². The summed E-state index contributed by atoms with van der Waals surface area (Å²) in [5.74, 6) is 1.27. The van der Waals surface area contributed by atoms with Crippen molar-refractivity contribution in [2.45, 2.75) is 33.6 Å². The number of para-hydroxylation sites is 1. The van der Waals surface area contributed by atoms with Crippen molar-refractivity contribution in [3.05, 3.63) is 71.5 Å². The van der Waals surface area contributed by atoms with Crippen LogP contribution in [0.4, 0.5) is 0 Å². The SMILES string of the molecule is Cc1ccccc1C1=C(OC(=S)Oc2ccccc2)CC(C)(C)CC1=O. The minimum atomic E-state index is -0.180. The lowest BCUT2D eigenvalue weighted by Crippen LogP contribution is -2.27. The molecule has 0 N–H and O–H groups in total. The van der Waals surface area contributed by atoms with Gasteiger partial charge in [0.1, 0.15) is 11.5 Å². The van der Waals surface area contributed by atoms with E-state index in [9.17, 15) is 4.79 Å². The maximum Gasteiger partial charge on any atom is 0.363 e.